The summed E-state index contributed by atoms with van der Waals surface area (Å²) < 4.78 is 11.2. The summed E-state index contributed by atoms with van der Waals surface area (Å²) in [7, 11) is 0. The number of halogens is 1. The Morgan fingerprint density at radius 2 is 1.65 bits per heavy atom. The minimum absolute atomic E-state index is 0.226. The molecule has 110 valence electrons. The fraction of sp³-hybridized carbons (Fsp3) is 0.467. The van der Waals surface area contributed by atoms with Crippen molar-refractivity contribution < 1.29 is 19.1 Å². The number of rotatable bonds is 6. The molecule has 5 heteroatoms. The summed E-state index contributed by atoms with van der Waals surface area (Å²) in [6, 6.07) is 7.30. The van der Waals surface area contributed by atoms with Crippen molar-refractivity contribution in [3.63, 3.8) is 0 Å². The van der Waals surface area contributed by atoms with E-state index in [2.05, 4.69) is 22.6 Å². The van der Waals surface area contributed by atoms with E-state index in [4.69, 9.17) is 9.47 Å². The molecule has 20 heavy (non-hydrogen) atoms. The molecular formula is C15H19IO4. The van der Waals surface area contributed by atoms with Gasteiger partial charge in [-0.2, -0.15) is 0 Å². The number of carbonyl (C=O) groups excluding carboxylic acids is 2. The van der Waals surface area contributed by atoms with Crippen LogP contribution in [0.25, 0.3) is 0 Å². The Morgan fingerprint density at radius 1 is 1.10 bits per heavy atom. The Labute approximate surface area is 133 Å². The Morgan fingerprint density at radius 3 is 2.05 bits per heavy atom. The SMILES string of the molecule is CCOC(=O)C(CC)(C(=O)OCC)c1cccc(I)c1. The smallest absolute Gasteiger partial charge is 0.328 e. The highest BCUT2D eigenvalue weighted by atomic mass is 127. The second kappa shape index (κ2) is 7.61. The first-order valence-corrected chi connectivity index (χ1v) is 7.71. The van der Waals surface area contributed by atoms with Crippen LogP contribution >= 0.6 is 22.6 Å². The molecule has 0 aliphatic heterocycles. The lowest BCUT2D eigenvalue weighted by molar-refractivity contribution is -0.165. The Balaban J connectivity index is 3.37. The lowest BCUT2D eigenvalue weighted by Crippen LogP contribution is -2.45. The van der Waals surface area contributed by atoms with E-state index >= 15 is 0 Å². The van der Waals surface area contributed by atoms with Gasteiger partial charge in [-0.15, -0.1) is 0 Å². The average Bonchev–Trinajstić information content (AvgIpc) is 2.41. The highest BCUT2D eigenvalue weighted by Gasteiger charge is 2.49. The molecule has 0 saturated heterocycles. The minimum atomic E-state index is -1.38. The van der Waals surface area contributed by atoms with Gasteiger partial charge in [0, 0.05) is 3.57 Å². The predicted octanol–water partition coefficient (Wildman–Crippen LogP) is 3.07. The highest BCUT2D eigenvalue weighted by molar-refractivity contribution is 14.1. The third-order valence-electron chi connectivity index (χ3n) is 3.10. The lowest BCUT2D eigenvalue weighted by Gasteiger charge is -2.28. The highest BCUT2D eigenvalue weighted by Crippen LogP contribution is 2.32. The standard InChI is InChI=1S/C15H19IO4/c1-4-15(13(17)19-5-2,14(18)20-6-3)11-8-7-9-12(16)10-11/h7-10H,4-6H2,1-3H3. The van der Waals surface area contributed by atoms with Crippen molar-refractivity contribution in [2.24, 2.45) is 0 Å². The van der Waals surface area contributed by atoms with E-state index in [-0.39, 0.29) is 13.2 Å². The van der Waals surface area contributed by atoms with E-state index in [1.54, 1.807) is 26.8 Å². The molecule has 0 aromatic heterocycles. The monoisotopic (exact) mass is 390 g/mol. The molecule has 0 spiro atoms. The molecule has 0 aliphatic rings. The normalized spacial score (nSPS) is 11.0. The zero-order chi connectivity index (χ0) is 15.2. The zero-order valence-electron chi connectivity index (χ0n) is 11.9. The molecule has 0 radical (unpaired) electrons. The van der Waals surface area contributed by atoms with Gasteiger partial charge in [-0.3, -0.25) is 9.59 Å². The molecule has 0 bridgehead atoms. The van der Waals surface area contributed by atoms with Crippen LogP contribution in [0, 0.1) is 3.57 Å². The second-order valence-electron chi connectivity index (χ2n) is 4.21. The molecule has 1 aromatic carbocycles. The van der Waals surface area contributed by atoms with Crippen molar-refractivity contribution in [2.75, 3.05) is 13.2 Å². The average molecular weight is 390 g/mol. The Kier molecular flexibility index (Phi) is 6.45. The van der Waals surface area contributed by atoms with Gasteiger partial charge in [0.05, 0.1) is 13.2 Å². The first-order chi connectivity index (χ1) is 9.52. The minimum Gasteiger partial charge on any atom is -0.465 e. The first kappa shape index (κ1) is 16.9. The molecule has 1 rings (SSSR count). The predicted molar refractivity (Wildman–Crippen MR) is 84.4 cm³/mol. The maximum atomic E-state index is 12.4. The Bertz CT molecular complexity index is 467. The summed E-state index contributed by atoms with van der Waals surface area (Å²) in [5.74, 6) is -1.11. The van der Waals surface area contributed by atoms with Crippen molar-refractivity contribution >= 4 is 34.5 Å². The Hall–Kier alpha value is -1.11. The van der Waals surface area contributed by atoms with E-state index in [0.29, 0.717) is 12.0 Å². The third-order valence-corrected chi connectivity index (χ3v) is 3.77. The van der Waals surface area contributed by atoms with Crippen molar-refractivity contribution in [3.05, 3.63) is 33.4 Å². The molecule has 0 amide bonds. The fourth-order valence-electron chi connectivity index (χ4n) is 2.07. The van der Waals surface area contributed by atoms with Gasteiger partial charge in [-0.05, 0) is 60.6 Å². The molecule has 0 saturated carbocycles. The first-order valence-electron chi connectivity index (χ1n) is 6.63. The number of hydrogen-bond acceptors (Lipinski definition) is 4. The molecule has 1 aromatic rings. The van der Waals surface area contributed by atoms with Gasteiger partial charge in [0.25, 0.3) is 0 Å². The molecule has 0 N–H and O–H groups in total. The molecule has 0 unspecified atom stereocenters. The van der Waals surface area contributed by atoms with Crippen molar-refractivity contribution in [1.82, 2.24) is 0 Å². The summed E-state index contributed by atoms with van der Waals surface area (Å²) >= 11 is 2.15. The van der Waals surface area contributed by atoms with Crippen LogP contribution in [0.3, 0.4) is 0 Å². The molecule has 0 heterocycles. The van der Waals surface area contributed by atoms with Gasteiger partial charge in [0.2, 0.25) is 0 Å². The molecule has 4 nitrogen and oxygen atoms in total. The van der Waals surface area contributed by atoms with Gasteiger partial charge in [-0.1, -0.05) is 19.1 Å². The van der Waals surface area contributed by atoms with Gasteiger partial charge < -0.3 is 9.47 Å². The van der Waals surface area contributed by atoms with Gasteiger partial charge in [0.15, 0.2) is 5.41 Å². The quantitative estimate of drug-likeness (QED) is 0.426. The molecule has 0 aliphatic carbocycles. The number of benzene rings is 1. The van der Waals surface area contributed by atoms with Crippen LogP contribution in [-0.4, -0.2) is 25.2 Å². The molecule has 0 fully saturated rings. The van der Waals surface area contributed by atoms with Crippen molar-refractivity contribution in [1.29, 1.82) is 0 Å². The molecular weight excluding hydrogens is 371 g/mol. The van der Waals surface area contributed by atoms with Crippen LogP contribution in [0.2, 0.25) is 0 Å². The van der Waals surface area contributed by atoms with Gasteiger partial charge in [0.1, 0.15) is 0 Å². The van der Waals surface area contributed by atoms with Crippen LogP contribution in [0.4, 0.5) is 0 Å². The number of ether oxygens (including phenoxy) is 2. The van der Waals surface area contributed by atoms with Crippen molar-refractivity contribution in [3.8, 4) is 0 Å². The van der Waals surface area contributed by atoms with Crippen LogP contribution < -0.4 is 0 Å². The van der Waals surface area contributed by atoms with E-state index in [1.807, 2.05) is 18.2 Å². The summed E-state index contributed by atoms with van der Waals surface area (Å²) in [4.78, 5) is 24.8. The van der Waals surface area contributed by atoms with E-state index in [0.717, 1.165) is 3.57 Å². The number of hydrogen-bond donors (Lipinski definition) is 0. The van der Waals surface area contributed by atoms with E-state index in [9.17, 15) is 9.59 Å². The lowest BCUT2D eigenvalue weighted by atomic mass is 9.78. The van der Waals surface area contributed by atoms with Crippen LogP contribution in [-0.2, 0) is 24.5 Å². The van der Waals surface area contributed by atoms with Crippen LogP contribution in [0.5, 0.6) is 0 Å². The zero-order valence-corrected chi connectivity index (χ0v) is 14.1. The fourth-order valence-corrected chi connectivity index (χ4v) is 2.62. The van der Waals surface area contributed by atoms with Gasteiger partial charge in [-0.25, -0.2) is 0 Å². The topological polar surface area (TPSA) is 52.6 Å². The summed E-state index contributed by atoms with van der Waals surface area (Å²) in [6.07, 6.45) is 0.296. The van der Waals surface area contributed by atoms with Crippen LogP contribution in [0.15, 0.2) is 24.3 Å². The third kappa shape index (κ3) is 3.31. The summed E-state index contributed by atoms with van der Waals surface area (Å²) in [5.41, 5.74) is -0.767. The van der Waals surface area contributed by atoms with Crippen molar-refractivity contribution in [2.45, 2.75) is 32.6 Å². The maximum Gasteiger partial charge on any atom is 0.328 e. The second-order valence-corrected chi connectivity index (χ2v) is 5.46. The van der Waals surface area contributed by atoms with E-state index in [1.165, 1.54) is 0 Å². The van der Waals surface area contributed by atoms with E-state index < -0.39 is 17.4 Å². The summed E-state index contributed by atoms with van der Waals surface area (Å²) in [6.45, 7) is 5.68. The van der Waals surface area contributed by atoms with Crippen LogP contribution in [0.1, 0.15) is 32.8 Å². The summed E-state index contributed by atoms with van der Waals surface area (Å²) in [5, 5.41) is 0. The number of carbonyl (C=O) groups is 2. The largest absolute Gasteiger partial charge is 0.465 e. The molecule has 0 atom stereocenters. The maximum absolute atomic E-state index is 12.4. The number of esters is 2. The van der Waals surface area contributed by atoms with Gasteiger partial charge >= 0.3 is 11.9 Å².